The van der Waals surface area contributed by atoms with E-state index in [1.54, 1.807) is 24.3 Å². The van der Waals surface area contributed by atoms with Crippen LogP contribution in [0, 0.1) is 18.3 Å². The maximum Gasteiger partial charge on any atom is 0.146 e. The third-order valence-corrected chi connectivity index (χ3v) is 3.16. The van der Waals surface area contributed by atoms with Crippen molar-refractivity contribution >= 4 is 17.2 Å². The molecule has 0 unspecified atom stereocenters. The highest BCUT2D eigenvalue weighted by atomic mass is 32.1. The van der Waals surface area contributed by atoms with E-state index in [-0.39, 0.29) is 0 Å². The average molecular weight is 244 g/mol. The van der Waals surface area contributed by atoms with E-state index in [1.165, 1.54) is 4.88 Å². The van der Waals surface area contributed by atoms with Crippen molar-refractivity contribution in [2.75, 3.05) is 11.9 Å². The molecule has 0 fully saturated rings. The molecule has 0 saturated carbocycles. The second-order valence-corrected chi connectivity index (χ2v) is 4.74. The zero-order valence-corrected chi connectivity index (χ0v) is 10.5. The summed E-state index contributed by atoms with van der Waals surface area (Å²) in [5, 5.41) is 10.9. The number of nitriles is 1. The molecule has 2 rings (SSSR count). The molecule has 0 amide bonds. The van der Waals surface area contributed by atoms with Gasteiger partial charge in [0.05, 0.1) is 6.54 Å². The van der Waals surface area contributed by atoms with Crippen LogP contribution in [0.2, 0.25) is 0 Å². The van der Waals surface area contributed by atoms with Gasteiger partial charge in [0.1, 0.15) is 23.4 Å². The Labute approximate surface area is 104 Å². The van der Waals surface area contributed by atoms with Crippen LogP contribution >= 0.6 is 11.3 Å². The van der Waals surface area contributed by atoms with Gasteiger partial charge in [0.15, 0.2) is 0 Å². The SMILES string of the molecule is Cc1nc(C#N)cc(N(C)Cc2cccs2)n1. The summed E-state index contributed by atoms with van der Waals surface area (Å²) in [6.45, 7) is 2.59. The zero-order valence-electron chi connectivity index (χ0n) is 9.71. The molecule has 0 atom stereocenters. The van der Waals surface area contributed by atoms with Crippen LogP contribution in [0.1, 0.15) is 16.4 Å². The van der Waals surface area contributed by atoms with Gasteiger partial charge in [0, 0.05) is 18.0 Å². The van der Waals surface area contributed by atoms with E-state index in [2.05, 4.69) is 21.4 Å². The summed E-state index contributed by atoms with van der Waals surface area (Å²) in [4.78, 5) is 11.6. The lowest BCUT2D eigenvalue weighted by molar-refractivity contribution is 0.887. The Hall–Kier alpha value is -1.93. The van der Waals surface area contributed by atoms with E-state index in [4.69, 9.17) is 5.26 Å². The van der Waals surface area contributed by atoms with Gasteiger partial charge in [-0.3, -0.25) is 0 Å². The Bertz CT molecular complexity index is 542. The Morgan fingerprint density at radius 1 is 1.47 bits per heavy atom. The summed E-state index contributed by atoms with van der Waals surface area (Å²) in [5.41, 5.74) is 0.408. The van der Waals surface area contributed by atoms with Gasteiger partial charge in [-0.1, -0.05) is 6.07 Å². The fourth-order valence-electron chi connectivity index (χ4n) is 1.52. The van der Waals surface area contributed by atoms with Gasteiger partial charge in [-0.05, 0) is 18.4 Å². The maximum atomic E-state index is 8.87. The lowest BCUT2D eigenvalue weighted by Crippen LogP contribution is -2.17. The molecule has 17 heavy (non-hydrogen) atoms. The number of hydrogen-bond acceptors (Lipinski definition) is 5. The minimum Gasteiger partial charge on any atom is -0.354 e. The monoisotopic (exact) mass is 244 g/mol. The number of thiophene rings is 1. The van der Waals surface area contributed by atoms with Gasteiger partial charge in [0.25, 0.3) is 0 Å². The van der Waals surface area contributed by atoms with Crippen molar-refractivity contribution in [3.8, 4) is 6.07 Å². The first-order valence-electron chi connectivity index (χ1n) is 5.18. The van der Waals surface area contributed by atoms with E-state index >= 15 is 0 Å². The first-order chi connectivity index (χ1) is 8.19. The van der Waals surface area contributed by atoms with Gasteiger partial charge in [0.2, 0.25) is 0 Å². The molecule has 0 saturated heterocycles. The van der Waals surface area contributed by atoms with Gasteiger partial charge in [-0.15, -0.1) is 11.3 Å². The van der Waals surface area contributed by atoms with Crippen molar-refractivity contribution in [2.24, 2.45) is 0 Å². The molecular weight excluding hydrogens is 232 g/mol. The van der Waals surface area contributed by atoms with Crippen molar-refractivity contribution < 1.29 is 0 Å². The van der Waals surface area contributed by atoms with Gasteiger partial charge < -0.3 is 4.90 Å². The summed E-state index contributed by atoms with van der Waals surface area (Å²) in [6.07, 6.45) is 0. The fraction of sp³-hybridized carbons (Fsp3) is 0.250. The number of anilines is 1. The van der Waals surface area contributed by atoms with Crippen LogP contribution in [0.5, 0.6) is 0 Å². The standard InChI is InChI=1S/C12H12N4S/c1-9-14-10(7-13)6-12(15-9)16(2)8-11-4-3-5-17-11/h3-6H,8H2,1-2H3. The zero-order chi connectivity index (χ0) is 12.3. The largest absolute Gasteiger partial charge is 0.354 e. The summed E-state index contributed by atoms with van der Waals surface area (Å²) in [6, 6.07) is 7.87. The Balaban J connectivity index is 2.22. The highest BCUT2D eigenvalue weighted by Gasteiger charge is 2.07. The number of aryl methyl sites for hydroxylation is 1. The van der Waals surface area contributed by atoms with E-state index in [0.29, 0.717) is 11.5 Å². The van der Waals surface area contributed by atoms with E-state index in [0.717, 1.165) is 12.4 Å². The topological polar surface area (TPSA) is 52.8 Å². The van der Waals surface area contributed by atoms with Crippen molar-refractivity contribution in [3.63, 3.8) is 0 Å². The van der Waals surface area contributed by atoms with E-state index < -0.39 is 0 Å². The first kappa shape index (κ1) is 11.6. The van der Waals surface area contributed by atoms with Crippen molar-refractivity contribution in [1.82, 2.24) is 9.97 Å². The van der Waals surface area contributed by atoms with Gasteiger partial charge >= 0.3 is 0 Å². The summed E-state index contributed by atoms with van der Waals surface area (Å²) in [5.74, 6) is 1.40. The quantitative estimate of drug-likeness (QED) is 0.831. The lowest BCUT2D eigenvalue weighted by atomic mass is 10.3. The minimum atomic E-state index is 0.408. The minimum absolute atomic E-state index is 0.408. The third-order valence-electron chi connectivity index (χ3n) is 2.30. The van der Waals surface area contributed by atoms with Crippen LogP contribution in [0.25, 0.3) is 0 Å². The number of nitrogens with zero attached hydrogens (tertiary/aromatic N) is 4. The van der Waals surface area contributed by atoms with Crippen molar-refractivity contribution in [3.05, 3.63) is 40.0 Å². The molecule has 0 spiro atoms. The van der Waals surface area contributed by atoms with Crippen molar-refractivity contribution in [1.29, 1.82) is 5.26 Å². The highest BCUT2D eigenvalue weighted by molar-refractivity contribution is 7.09. The third kappa shape index (κ3) is 2.80. The summed E-state index contributed by atoms with van der Waals surface area (Å²) in [7, 11) is 1.96. The summed E-state index contributed by atoms with van der Waals surface area (Å²) < 4.78 is 0. The van der Waals surface area contributed by atoms with Crippen molar-refractivity contribution in [2.45, 2.75) is 13.5 Å². The predicted octanol–water partition coefficient (Wildman–Crippen LogP) is 2.35. The predicted molar refractivity (Wildman–Crippen MR) is 67.9 cm³/mol. The Morgan fingerprint density at radius 3 is 2.94 bits per heavy atom. The second kappa shape index (κ2) is 4.93. The average Bonchev–Trinajstić information content (AvgIpc) is 2.81. The van der Waals surface area contributed by atoms with Crippen LogP contribution in [0.15, 0.2) is 23.6 Å². The Kier molecular flexibility index (Phi) is 3.35. The van der Waals surface area contributed by atoms with Crippen LogP contribution in [-0.2, 0) is 6.54 Å². The van der Waals surface area contributed by atoms with E-state index in [9.17, 15) is 0 Å². The molecule has 0 aliphatic heterocycles. The van der Waals surface area contributed by atoms with Crippen LogP contribution in [0.3, 0.4) is 0 Å². The molecule has 86 valence electrons. The smallest absolute Gasteiger partial charge is 0.146 e. The number of aromatic nitrogens is 2. The molecule has 0 aromatic carbocycles. The molecule has 2 aromatic heterocycles. The molecule has 5 heteroatoms. The van der Waals surface area contributed by atoms with Crippen LogP contribution in [0.4, 0.5) is 5.82 Å². The molecule has 0 aliphatic carbocycles. The van der Waals surface area contributed by atoms with Crippen LogP contribution in [-0.4, -0.2) is 17.0 Å². The number of hydrogen-bond donors (Lipinski definition) is 0. The van der Waals surface area contributed by atoms with Gasteiger partial charge in [-0.2, -0.15) is 5.26 Å². The van der Waals surface area contributed by atoms with Crippen LogP contribution < -0.4 is 4.90 Å². The molecule has 4 nitrogen and oxygen atoms in total. The second-order valence-electron chi connectivity index (χ2n) is 3.71. The first-order valence-corrected chi connectivity index (χ1v) is 6.06. The lowest BCUT2D eigenvalue weighted by Gasteiger charge is -2.17. The molecule has 0 radical (unpaired) electrons. The van der Waals surface area contributed by atoms with Gasteiger partial charge in [-0.25, -0.2) is 9.97 Å². The summed E-state index contributed by atoms with van der Waals surface area (Å²) >= 11 is 1.71. The molecule has 0 bridgehead atoms. The van der Waals surface area contributed by atoms with E-state index in [1.807, 2.05) is 24.1 Å². The molecule has 0 N–H and O–H groups in total. The highest BCUT2D eigenvalue weighted by Crippen LogP contribution is 2.16. The maximum absolute atomic E-state index is 8.87. The molecule has 0 aliphatic rings. The molecule has 2 aromatic rings. The number of rotatable bonds is 3. The fourth-order valence-corrected chi connectivity index (χ4v) is 2.28. The Morgan fingerprint density at radius 2 is 2.29 bits per heavy atom. The molecule has 2 heterocycles. The molecular formula is C12H12N4S. The normalized spacial score (nSPS) is 9.94.